The van der Waals surface area contributed by atoms with Crippen LogP contribution in [0.3, 0.4) is 0 Å². The normalized spacial score (nSPS) is 21.5. The van der Waals surface area contributed by atoms with Gasteiger partial charge in [0.05, 0.1) is 7.11 Å². The Labute approximate surface area is 95.8 Å². The Bertz CT molecular complexity index is 346. The average molecular weight is 223 g/mol. The first-order chi connectivity index (χ1) is 7.81. The van der Waals surface area contributed by atoms with Gasteiger partial charge in [-0.2, -0.15) is 0 Å². The van der Waals surface area contributed by atoms with E-state index in [0.717, 1.165) is 18.5 Å². The monoisotopic (exact) mass is 223 g/mol. The molecule has 1 atom stereocenters. The Morgan fingerprint density at radius 2 is 2.19 bits per heavy atom. The van der Waals surface area contributed by atoms with Gasteiger partial charge in [-0.15, -0.1) is 0 Å². The number of nitrogens with one attached hydrogen (secondary N) is 1. The fourth-order valence-corrected chi connectivity index (χ4v) is 2.21. The van der Waals surface area contributed by atoms with E-state index in [4.69, 9.17) is 4.74 Å². The molecule has 16 heavy (non-hydrogen) atoms. The lowest BCUT2D eigenvalue weighted by Crippen LogP contribution is -2.20. The van der Waals surface area contributed by atoms with Crippen LogP contribution in [0.1, 0.15) is 37.3 Å². The molecule has 1 aromatic carbocycles. The van der Waals surface area contributed by atoms with E-state index in [0.29, 0.717) is 11.8 Å². The summed E-state index contributed by atoms with van der Waals surface area (Å²) in [4.78, 5) is 0. The zero-order valence-electron chi connectivity index (χ0n) is 9.63. The van der Waals surface area contributed by atoms with Crippen molar-refractivity contribution in [2.75, 3.05) is 13.7 Å². The molecule has 88 valence electrons. The highest BCUT2D eigenvalue weighted by molar-refractivity contribution is 5.31. The number of rotatable bonds is 2. The smallest absolute Gasteiger partial charge is 0.165 e. The number of halogens is 1. The van der Waals surface area contributed by atoms with Crippen molar-refractivity contribution in [2.45, 2.75) is 31.7 Å². The number of methoxy groups -OCH3 is 1. The van der Waals surface area contributed by atoms with Crippen LogP contribution < -0.4 is 10.1 Å². The van der Waals surface area contributed by atoms with Gasteiger partial charge in [0.2, 0.25) is 0 Å². The van der Waals surface area contributed by atoms with Gasteiger partial charge in [0, 0.05) is 6.04 Å². The predicted octanol–water partition coefficient (Wildman–Crippen LogP) is 3.04. The molecule has 0 amide bonds. The molecule has 1 N–H and O–H groups in total. The maximum absolute atomic E-state index is 13.6. The fourth-order valence-electron chi connectivity index (χ4n) is 2.21. The molecule has 1 aliphatic rings. The molecule has 1 aromatic rings. The van der Waals surface area contributed by atoms with E-state index in [2.05, 4.69) is 5.32 Å². The SMILES string of the molecule is COc1ccc(C2CCCCCN2)cc1F. The minimum absolute atomic E-state index is 0.272. The van der Waals surface area contributed by atoms with E-state index in [9.17, 15) is 4.39 Å². The van der Waals surface area contributed by atoms with Crippen LogP contribution in [-0.2, 0) is 0 Å². The zero-order chi connectivity index (χ0) is 11.4. The highest BCUT2D eigenvalue weighted by Crippen LogP contribution is 2.26. The van der Waals surface area contributed by atoms with Crippen molar-refractivity contribution in [1.29, 1.82) is 0 Å². The van der Waals surface area contributed by atoms with E-state index in [1.165, 1.54) is 26.4 Å². The molecule has 1 unspecified atom stereocenters. The van der Waals surface area contributed by atoms with Crippen LogP contribution in [-0.4, -0.2) is 13.7 Å². The van der Waals surface area contributed by atoms with Gasteiger partial charge in [0.1, 0.15) is 0 Å². The van der Waals surface area contributed by atoms with Gasteiger partial charge in [-0.3, -0.25) is 0 Å². The van der Waals surface area contributed by atoms with Crippen LogP contribution in [0.4, 0.5) is 4.39 Å². The van der Waals surface area contributed by atoms with Gasteiger partial charge in [0.15, 0.2) is 11.6 Å². The minimum Gasteiger partial charge on any atom is -0.494 e. The Morgan fingerprint density at radius 1 is 1.31 bits per heavy atom. The maximum atomic E-state index is 13.6. The molecule has 1 fully saturated rings. The van der Waals surface area contributed by atoms with Crippen LogP contribution in [0.2, 0.25) is 0 Å². The largest absolute Gasteiger partial charge is 0.494 e. The van der Waals surface area contributed by atoms with Crippen LogP contribution in [0.5, 0.6) is 5.75 Å². The van der Waals surface area contributed by atoms with Crippen LogP contribution in [0, 0.1) is 5.82 Å². The molecule has 0 aliphatic carbocycles. The molecule has 1 saturated heterocycles. The van der Waals surface area contributed by atoms with Crippen LogP contribution >= 0.6 is 0 Å². The molecule has 1 heterocycles. The summed E-state index contributed by atoms with van der Waals surface area (Å²) < 4.78 is 18.5. The second-order valence-corrected chi connectivity index (χ2v) is 4.25. The molecule has 0 bridgehead atoms. The summed E-state index contributed by atoms with van der Waals surface area (Å²) in [5.41, 5.74) is 1.03. The van der Waals surface area contributed by atoms with Crippen molar-refractivity contribution >= 4 is 0 Å². The predicted molar refractivity (Wildman–Crippen MR) is 62.2 cm³/mol. The van der Waals surface area contributed by atoms with Crippen molar-refractivity contribution < 1.29 is 9.13 Å². The maximum Gasteiger partial charge on any atom is 0.165 e. The van der Waals surface area contributed by atoms with Gasteiger partial charge in [0.25, 0.3) is 0 Å². The third-order valence-corrected chi connectivity index (χ3v) is 3.14. The van der Waals surface area contributed by atoms with Gasteiger partial charge < -0.3 is 10.1 Å². The summed E-state index contributed by atoms with van der Waals surface area (Å²) >= 11 is 0. The topological polar surface area (TPSA) is 21.3 Å². The molecular formula is C13H18FNO. The lowest BCUT2D eigenvalue weighted by molar-refractivity contribution is 0.385. The van der Waals surface area contributed by atoms with E-state index in [1.807, 2.05) is 6.07 Å². The van der Waals surface area contributed by atoms with Crippen LogP contribution in [0.25, 0.3) is 0 Å². The lowest BCUT2D eigenvalue weighted by Gasteiger charge is -2.16. The van der Waals surface area contributed by atoms with E-state index in [-0.39, 0.29) is 5.82 Å². The van der Waals surface area contributed by atoms with Crippen molar-refractivity contribution in [2.24, 2.45) is 0 Å². The van der Waals surface area contributed by atoms with E-state index in [1.54, 1.807) is 12.1 Å². The molecule has 0 radical (unpaired) electrons. The fraction of sp³-hybridized carbons (Fsp3) is 0.538. The van der Waals surface area contributed by atoms with Crippen molar-refractivity contribution in [3.8, 4) is 5.75 Å². The molecule has 0 spiro atoms. The summed E-state index contributed by atoms with van der Waals surface area (Å²) in [5.74, 6) is 0.0448. The first-order valence-corrected chi connectivity index (χ1v) is 5.88. The van der Waals surface area contributed by atoms with Gasteiger partial charge in [-0.05, 0) is 37.1 Å². The molecule has 0 saturated carbocycles. The summed E-state index contributed by atoms with van der Waals surface area (Å²) in [6, 6.07) is 5.53. The first kappa shape index (κ1) is 11.4. The van der Waals surface area contributed by atoms with Crippen molar-refractivity contribution in [1.82, 2.24) is 5.32 Å². The van der Waals surface area contributed by atoms with Crippen molar-refractivity contribution in [3.05, 3.63) is 29.6 Å². The number of hydrogen-bond donors (Lipinski definition) is 1. The quantitative estimate of drug-likeness (QED) is 0.832. The molecule has 0 aromatic heterocycles. The zero-order valence-corrected chi connectivity index (χ0v) is 9.63. The van der Waals surface area contributed by atoms with Crippen LogP contribution in [0.15, 0.2) is 18.2 Å². The first-order valence-electron chi connectivity index (χ1n) is 5.88. The second-order valence-electron chi connectivity index (χ2n) is 4.25. The number of ether oxygens (including phenoxy) is 1. The molecule has 2 rings (SSSR count). The molecular weight excluding hydrogens is 205 g/mol. The summed E-state index contributed by atoms with van der Waals surface area (Å²) in [5, 5.41) is 3.46. The average Bonchev–Trinajstić information content (AvgIpc) is 2.57. The summed E-state index contributed by atoms with van der Waals surface area (Å²) in [6.07, 6.45) is 4.79. The highest BCUT2D eigenvalue weighted by Gasteiger charge is 2.15. The third-order valence-electron chi connectivity index (χ3n) is 3.14. The molecule has 2 nitrogen and oxygen atoms in total. The molecule has 3 heteroatoms. The Hall–Kier alpha value is -1.09. The lowest BCUT2D eigenvalue weighted by atomic mass is 10.0. The van der Waals surface area contributed by atoms with Gasteiger partial charge in [-0.25, -0.2) is 4.39 Å². The standard InChI is InChI=1S/C13H18FNO/c1-16-13-7-6-10(9-11(13)14)12-5-3-2-4-8-15-12/h6-7,9,12,15H,2-5,8H2,1H3. The third kappa shape index (κ3) is 2.53. The van der Waals surface area contributed by atoms with Crippen molar-refractivity contribution in [3.63, 3.8) is 0 Å². The Kier molecular flexibility index (Phi) is 3.78. The highest BCUT2D eigenvalue weighted by atomic mass is 19.1. The molecule has 1 aliphatic heterocycles. The van der Waals surface area contributed by atoms with Gasteiger partial charge >= 0.3 is 0 Å². The van der Waals surface area contributed by atoms with Gasteiger partial charge in [-0.1, -0.05) is 18.9 Å². The Morgan fingerprint density at radius 3 is 2.94 bits per heavy atom. The van der Waals surface area contributed by atoms with E-state index >= 15 is 0 Å². The Balaban J connectivity index is 2.16. The second kappa shape index (κ2) is 5.30. The number of benzene rings is 1. The van der Waals surface area contributed by atoms with E-state index < -0.39 is 0 Å². The summed E-state index contributed by atoms with van der Waals surface area (Å²) in [7, 11) is 1.49. The number of hydrogen-bond acceptors (Lipinski definition) is 2. The summed E-state index contributed by atoms with van der Waals surface area (Å²) in [6.45, 7) is 1.03. The minimum atomic E-state index is -0.272.